The predicted molar refractivity (Wildman–Crippen MR) is 239 cm³/mol. The molecule has 0 saturated carbocycles. The number of rotatable bonds is 15. The molecule has 1 atom stereocenters. The molecule has 4 heteroatoms. The first-order valence-electron chi connectivity index (χ1n) is 19.7. The van der Waals surface area contributed by atoms with E-state index in [0.29, 0.717) is 5.75 Å². The van der Waals surface area contributed by atoms with Crippen LogP contribution in [0.3, 0.4) is 0 Å². The number of hydrogen-bond donors (Lipinski definition) is 1. The third-order valence-corrected chi connectivity index (χ3v) is 12.4. The van der Waals surface area contributed by atoms with Gasteiger partial charge in [-0.15, -0.1) is 11.8 Å². The standard InChI is InChI=1S/C54H45NO2S/c56-52(57-51(42-25-9-1-10-26-42)43-27-11-2-12-28-43)50(55-53(44-29-13-3-14-30-44,45-31-15-4-16-32-45)46-33-17-5-18-34-46)41-58-54(47-35-19-6-20-36-47,48-37-21-7-22-38-48)49-39-23-8-24-40-49/h1-40,50-51,55H,41H2. The highest BCUT2D eigenvalue weighted by Crippen LogP contribution is 2.49. The van der Waals surface area contributed by atoms with E-state index in [1.807, 2.05) is 78.9 Å². The number of nitrogens with one attached hydrogen (secondary N) is 1. The van der Waals surface area contributed by atoms with Gasteiger partial charge in [-0.3, -0.25) is 10.1 Å². The maximum absolute atomic E-state index is 15.5. The van der Waals surface area contributed by atoms with Gasteiger partial charge in [0.15, 0.2) is 6.10 Å². The first-order valence-corrected chi connectivity index (χ1v) is 20.7. The fourth-order valence-electron chi connectivity index (χ4n) is 8.00. The molecule has 3 nitrogen and oxygen atoms in total. The third-order valence-electron chi connectivity index (χ3n) is 10.7. The number of carbonyl (C=O) groups excluding carboxylic acids is 1. The Morgan fingerprint density at radius 2 is 0.690 bits per heavy atom. The van der Waals surface area contributed by atoms with Crippen molar-refractivity contribution >= 4 is 17.7 Å². The summed E-state index contributed by atoms with van der Waals surface area (Å²) < 4.78 is 6.14. The van der Waals surface area contributed by atoms with E-state index < -0.39 is 22.4 Å². The summed E-state index contributed by atoms with van der Waals surface area (Å²) in [5.41, 5.74) is 7.28. The van der Waals surface area contributed by atoms with Gasteiger partial charge >= 0.3 is 5.97 Å². The molecule has 0 bridgehead atoms. The van der Waals surface area contributed by atoms with E-state index in [0.717, 1.165) is 44.5 Å². The molecule has 8 aromatic carbocycles. The minimum Gasteiger partial charge on any atom is -0.451 e. The van der Waals surface area contributed by atoms with Crippen molar-refractivity contribution in [2.75, 3.05) is 5.75 Å². The number of ether oxygens (including phenoxy) is 1. The zero-order valence-electron chi connectivity index (χ0n) is 32.2. The van der Waals surface area contributed by atoms with Crippen molar-refractivity contribution in [3.63, 3.8) is 0 Å². The Labute approximate surface area is 346 Å². The second-order valence-electron chi connectivity index (χ2n) is 14.3. The monoisotopic (exact) mass is 771 g/mol. The molecule has 8 aromatic rings. The van der Waals surface area contributed by atoms with Crippen molar-refractivity contribution in [2.24, 2.45) is 0 Å². The molecule has 0 aromatic heterocycles. The Bertz CT molecular complexity index is 2220. The van der Waals surface area contributed by atoms with E-state index in [2.05, 4.69) is 169 Å². The van der Waals surface area contributed by atoms with Crippen LogP contribution in [-0.4, -0.2) is 17.8 Å². The van der Waals surface area contributed by atoms with Crippen LogP contribution in [0, 0.1) is 0 Å². The topological polar surface area (TPSA) is 38.3 Å². The largest absolute Gasteiger partial charge is 0.451 e. The van der Waals surface area contributed by atoms with Crippen LogP contribution in [0.5, 0.6) is 0 Å². The first kappa shape index (κ1) is 38.4. The van der Waals surface area contributed by atoms with E-state index in [1.165, 1.54) is 0 Å². The maximum atomic E-state index is 15.5. The van der Waals surface area contributed by atoms with Gasteiger partial charge in [0, 0.05) is 5.75 Å². The summed E-state index contributed by atoms with van der Waals surface area (Å²) in [6.07, 6.45) is -0.620. The lowest BCUT2D eigenvalue weighted by Gasteiger charge is -2.41. The number of thioether (sulfide) groups is 1. The first-order chi connectivity index (χ1) is 28.7. The fourth-order valence-corrected chi connectivity index (χ4v) is 9.55. The summed E-state index contributed by atoms with van der Waals surface area (Å²) >= 11 is 1.75. The van der Waals surface area contributed by atoms with E-state index in [1.54, 1.807) is 11.8 Å². The lowest BCUT2D eigenvalue weighted by atomic mass is 9.76. The van der Waals surface area contributed by atoms with Gasteiger partial charge in [-0.2, -0.15) is 0 Å². The highest BCUT2D eigenvalue weighted by atomic mass is 32.2. The zero-order valence-corrected chi connectivity index (χ0v) is 33.0. The summed E-state index contributed by atoms with van der Waals surface area (Å²) in [6, 6.07) is 82.4. The van der Waals surface area contributed by atoms with Crippen LogP contribution >= 0.6 is 11.8 Å². The minimum atomic E-state index is -0.933. The average Bonchev–Trinajstić information content (AvgIpc) is 3.32. The summed E-state index contributed by atoms with van der Waals surface area (Å²) in [4.78, 5) is 15.5. The van der Waals surface area contributed by atoms with E-state index in [9.17, 15) is 0 Å². The normalized spacial score (nSPS) is 12.2. The van der Waals surface area contributed by atoms with Crippen LogP contribution < -0.4 is 5.32 Å². The Hall–Kier alpha value is -6.46. The predicted octanol–water partition coefficient (Wildman–Crippen LogP) is 12.0. The lowest BCUT2D eigenvalue weighted by Crippen LogP contribution is -2.54. The summed E-state index contributed by atoms with van der Waals surface area (Å²) in [5, 5.41) is 4.06. The zero-order chi connectivity index (χ0) is 39.5. The van der Waals surface area contributed by atoms with Gasteiger partial charge in [0.05, 0.1) is 10.3 Å². The Kier molecular flexibility index (Phi) is 12.1. The van der Waals surface area contributed by atoms with Crippen molar-refractivity contribution in [1.29, 1.82) is 0 Å². The highest BCUT2D eigenvalue weighted by Gasteiger charge is 2.44. The molecule has 0 aliphatic carbocycles. The van der Waals surface area contributed by atoms with Crippen molar-refractivity contribution in [3.8, 4) is 0 Å². The van der Waals surface area contributed by atoms with E-state index in [-0.39, 0.29) is 5.97 Å². The molecule has 284 valence electrons. The summed E-state index contributed by atoms with van der Waals surface area (Å²) in [5.74, 6) is 0.0164. The molecule has 0 heterocycles. The van der Waals surface area contributed by atoms with Gasteiger partial charge in [0.25, 0.3) is 0 Å². The maximum Gasteiger partial charge on any atom is 0.324 e. The Morgan fingerprint density at radius 3 is 1.00 bits per heavy atom. The van der Waals surface area contributed by atoms with Crippen molar-refractivity contribution in [1.82, 2.24) is 5.32 Å². The van der Waals surface area contributed by atoms with Gasteiger partial charge in [0.1, 0.15) is 6.04 Å². The van der Waals surface area contributed by atoms with Gasteiger partial charge in [-0.05, 0) is 44.5 Å². The van der Waals surface area contributed by atoms with Crippen LogP contribution in [0.4, 0.5) is 0 Å². The van der Waals surface area contributed by atoms with Gasteiger partial charge in [-0.1, -0.05) is 243 Å². The molecule has 0 radical (unpaired) electrons. The molecule has 0 amide bonds. The molecule has 8 rings (SSSR count). The quantitative estimate of drug-likeness (QED) is 0.0832. The molecular formula is C54H45NO2S. The lowest BCUT2D eigenvalue weighted by molar-refractivity contribution is -0.149. The van der Waals surface area contributed by atoms with Crippen LogP contribution in [0.1, 0.15) is 50.6 Å². The van der Waals surface area contributed by atoms with Crippen LogP contribution in [0.2, 0.25) is 0 Å². The van der Waals surface area contributed by atoms with Crippen molar-refractivity contribution < 1.29 is 9.53 Å². The second-order valence-corrected chi connectivity index (χ2v) is 15.5. The second kappa shape index (κ2) is 18.2. The van der Waals surface area contributed by atoms with Gasteiger partial charge in [0.2, 0.25) is 0 Å². The molecule has 0 spiro atoms. The van der Waals surface area contributed by atoms with Gasteiger partial charge in [-0.25, -0.2) is 0 Å². The summed E-state index contributed by atoms with van der Waals surface area (Å²) in [6.45, 7) is 0. The summed E-state index contributed by atoms with van der Waals surface area (Å²) in [7, 11) is 0. The number of carbonyl (C=O) groups is 1. The molecule has 58 heavy (non-hydrogen) atoms. The van der Waals surface area contributed by atoms with E-state index >= 15 is 4.79 Å². The Balaban J connectivity index is 1.32. The Morgan fingerprint density at radius 1 is 0.414 bits per heavy atom. The minimum absolute atomic E-state index is 0.347. The molecule has 0 fully saturated rings. The fraction of sp³-hybridized carbons (Fsp3) is 0.0926. The number of benzene rings is 8. The number of esters is 1. The molecule has 0 aliphatic rings. The van der Waals surface area contributed by atoms with Crippen LogP contribution in [0.15, 0.2) is 243 Å². The smallest absolute Gasteiger partial charge is 0.324 e. The average molecular weight is 772 g/mol. The molecule has 1 N–H and O–H groups in total. The SMILES string of the molecule is O=C(OC(c1ccccc1)c1ccccc1)C(CSC(c1ccccc1)(c1ccccc1)c1ccccc1)NC(c1ccccc1)(c1ccccc1)c1ccccc1. The molecule has 0 saturated heterocycles. The molecular weight excluding hydrogens is 727 g/mol. The van der Waals surface area contributed by atoms with Crippen molar-refractivity contribution in [3.05, 3.63) is 287 Å². The molecule has 1 unspecified atom stereocenters. The number of hydrogen-bond acceptors (Lipinski definition) is 4. The third kappa shape index (κ3) is 8.03. The van der Waals surface area contributed by atoms with E-state index in [4.69, 9.17) is 4.74 Å². The highest BCUT2D eigenvalue weighted by molar-refractivity contribution is 8.00. The van der Waals surface area contributed by atoms with Crippen molar-refractivity contribution in [2.45, 2.75) is 22.4 Å². The van der Waals surface area contributed by atoms with Crippen LogP contribution in [0.25, 0.3) is 0 Å². The van der Waals surface area contributed by atoms with Crippen LogP contribution in [-0.2, 0) is 19.8 Å². The molecule has 0 aliphatic heterocycles. The van der Waals surface area contributed by atoms with Gasteiger partial charge < -0.3 is 4.74 Å².